The molecule has 106 valence electrons. The van der Waals surface area contributed by atoms with Gasteiger partial charge in [0, 0.05) is 18.2 Å². The molecule has 1 saturated carbocycles. The quantitative estimate of drug-likeness (QED) is 0.818. The highest BCUT2D eigenvalue weighted by atomic mass is 16.7. The zero-order valence-corrected chi connectivity index (χ0v) is 11.2. The number of nitrogens with two attached hydrogens (primary N) is 1. The molecule has 5 heteroatoms. The monoisotopic (exact) mass is 274 g/mol. The van der Waals surface area contributed by atoms with Crippen LogP contribution in [0.5, 0.6) is 11.5 Å². The van der Waals surface area contributed by atoms with Crippen LogP contribution in [0.2, 0.25) is 0 Å². The Labute approximate surface area is 117 Å². The first-order chi connectivity index (χ1) is 9.72. The predicted octanol–water partition coefficient (Wildman–Crippen LogP) is 1.42. The minimum absolute atomic E-state index is 0.0814. The molecule has 1 heterocycles. The van der Waals surface area contributed by atoms with E-state index in [-0.39, 0.29) is 24.8 Å². The maximum atomic E-state index is 11.8. The summed E-state index contributed by atoms with van der Waals surface area (Å²) in [6.07, 6.45) is 6.32. The first-order valence-electron chi connectivity index (χ1n) is 6.86. The van der Waals surface area contributed by atoms with Crippen LogP contribution < -0.4 is 20.5 Å². The van der Waals surface area contributed by atoms with E-state index in [4.69, 9.17) is 15.2 Å². The van der Waals surface area contributed by atoms with Gasteiger partial charge in [0.2, 0.25) is 12.7 Å². The van der Waals surface area contributed by atoms with Gasteiger partial charge in [-0.1, -0.05) is 6.07 Å². The topological polar surface area (TPSA) is 73.6 Å². The molecule has 3 rings (SSSR count). The fraction of sp³-hybridized carbons (Fsp3) is 0.400. The van der Waals surface area contributed by atoms with E-state index in [9.17, 15) is 4.79 Å². The number of rotatable bonds is 3. The number of carbonyl (C=O) groups is 1. The van der Waals surface area contributed by atoms with Crippen LogP contribution in [0.25, 0.3) is 6.08 Å². The molecule has 2 aliphatic rings. The van der Waals surface area contributed by atoms with Crippen LogP contribution in [0, 0.1) is 0 Å². The Hall–Kier alpha value is -2.01. The van der Waals surface area contributed by atoms with Crippen molar-refractivity contribution in [2.75, 3.05) is 6.79 Å². The number of hydrogen-bond donors (Lipinski definition) is 2. The van der Waals surface area contributed by atoms with E-state index in [1.165, 1.54) is 6.08 Å². The number of hydrogen-bond acceptors (Lipinski definition) is 4. The number of nitrogens with one attached hydrogen (secondary N) is 1. The second kappa shape index (κ2) is 5.54. The maximum Gasteiger partial charge on any atom is 0.244 e. The summed E-state index contributed by atoms with van der Waals surface area (Å²) in [5.41, 5.74) is 6.83. The van der Waals surface area contributed by atoms with Gasteiger partial charge in [-0.25, -0.2) is 0 Å². The molecule has 1 amide bonds. The molecule has 2 unspecified atom stereocenters. The molecule has 1 aliphatic heterocycles. The molecule has 0 aromatic heterocycles. The molecule has 5 nitrogen and oxygen atoms in total. The van der Waals surface area contributed by atoms with E-state index in [0.717, 1.165) is 30.6 Å². The molecular formula is C15H18N2O3. The lowest BCUT2D eigenvalue weighted by molar-refractivity contribution is -0.117. The van der Waals surface area contributed by atoms with Crippen LogP contribution in [0.1, 0.15) is 24.8 Å². The fourth-order valence-electron chi connectivity index (χ4n) is 2.59. The maximum absolute atomic E-state index is 11.8. The van der Waals surface area contributed by atoms with E-state index in [1.54, 1.807) is 6.08 Å². The van der Waals surface area contributed by atoms with E-state index < -0.39 is 0 Å². The summed E-state index contributed by atoms with van der Waals surface area (Å²) in [7, 11) is 0. The lowest BCUT2D eigenvalue weighted by atomic mass is 10.1. The van der Waals surface area contributed by atoms with Crippen LogP contribution in [-0.4, -0.2) is 24.8 Å². The second-order valence-electron chi connectivity index (χ2n) is 5.16. The third kappa shape index (κ3) is 2.77. The normalized spacial score (nSPS) is 24.2. The summed E-state index contributed by atoms with van der Waals surface area (Å²) >= 11 is 0. The third-order valence-corrected chi connectivity index (χ3v) is 3.72. The predicted molar refractivity (Wildman–Crippen MR) is 75.4 cm³/mol. The number of benzene rings is 1. The van der Waals surface area contributed by atoms with E-state index in [2.05, 4.69) is 5.32 Å². The van der Waals surface area contributed by atoms with Crippen molar-refractivity contribution in [2.45, 2.75) is 31.3 Å². The highest BCUT2D eigenvalue weighted by molar-refractivity contribution is 5.92. The van der Waals surface area contributed by atoms with Crippen LogP contribution in [-0.2, 0) is 4.79 Å². The van der Waals surface area contributed by atoms with Crippen molar-refractivity contribution in [3.05, 3.63) is 29.8 Å². The molecule has 0 saturated heterocycles. The third-order valence-electron chi connectivity index (χ3n) is 3.72. The number of ether oxygens (including phenoxy) is 2. The summed E-state index contributed by atoms with van der Waals surface area (Å²) in [5.74, 6) is 1.35. The molecular weight excluding hydrogens is 256 g/mol. The second-order valence-corrected chi connectivity index (χ2v) is 5.16. The number of carbonyl (C=O) groups excluding carboxylic acids is 1. The van der Waals surface area contributed by atoms with Crippen molar-refractivity contribution in [3.63, 3.8) is 0 Å². The summed E-state index contributed by atoms with van der Waals surface area (Å²) in [6.45, 7) is 0.253. The molecule has 0 bridgehead atoms. The highest BCUT2D eigenvalue weighted by Gasteiger charge is 2.24. The zero-order valence-electron chi connectivity index (χ0n) is 11.2. The molecule has 2 atom stereocenters. The van der Waals surface area contributed by atoms with Crippen molar-refractivity contribution < 1.29 is 14.3 Å². The van der Waals surface area contributed by atoms with E-state index in [0.29, 0.717) is 5.75 Å². The molecule has 1 aromatic rings. The van der Waals surface area contributed by atoms with Crippen molar-refractivity contribution >= 4 is 12.0 Å². The van der Waals surface area contributed by atoms with Crippen LogP contribution in [0.3, 0.4) is 0 Å². The van der Waals surface area contributed by atoms with Gasteiger partial charge in [-0.05, 0) is 43.0 Å². The number of amides is 1. The average Bonchev–Trinajstić information content (AvgIpc) is 3.05. The summed E-state index contributed by atoms with van der Waals surface area (Å²) in [6, 6.07) is 5.76. The Morgan fingerprint density at radius 3 is 2.95 bits per heavy atom. The van der Waals surface area contributed by atoms with Gasteiger partial charge in [0.25, 0.3) is 0 Å². The van der Waals surface area contributed by atoms with Gasteiger partial charge in [0.05, 0.1) is 0 Å². The Balaban J connectivity index is 1.60. The van der Waals surface area contributed by atoms with E-state index >= 15 is 0 Å². The average molecular weight is 274 g/mol. The highest BCUT2D eigenvalue weighted by Crippen LogP contribution is 2.32. The Bertz CT molecular complexity index is 542. The van der Waals surface area contributed by atoms with Gasteiger partial charge in [-0.15, -0.1) is 0 Å². The van der Waals surface area contributed by atoms with E-state index in [1.807, 2.05) is 18.2 Å². The number of fused-ring (bicyclic) bond motifs is 1. The Morgan fingerprint density at radius 2 is 2.15 bits per heavy atom. The molecule has 1 aliphatic carbocycles. The van der Waals surface area contributed by atoms with Gasteiger partial charge < -0.3 is 20.5 Å². The molecule has 20 heavy (non-hydrogen) atoms. The minimum Gasteiger partial charge on any atom is -0.454 e. The van der Waals surface area contributed by atoms with Crippen LogP contribution in [0.15, 0.2) is 24.3 Å². The van der Waals surface area contributed by atoms with Gasteiger partial charge in [-0.2, -0.15) is 0 Å². The van der Waals surface area contributed by atoms with Crippen LogP contribution >= 0.6 is 0 Å². The fourth-order valence-corrected chi connectivity index (χ4v) is 2.59. The summed E-state index contributed by atoms with van der Waals surface area (Å²) < 4.78 is 10.5. The Kier molecular flexibility index (Phi) is 3.60. The van der Waals surface area contributed by atoms with Gasteiger partial charge in [-0.3, -0.25) is 4.79 Å². The molecule has 1 aromatic carbocycles. The minimum atomic E-state index is -0.106. The zero-order chi connectivity index (χ0) is 13.9. The molecule has 3 N–H and O–H groups in total. The van der Waals surface area contributed by atoms with Gasteiger partial charge in [0.1, 0.15) is 0 Å². The lowest BCUT2D eigenvalue weighted by Gasteiger charge is -2.15. The van der Waals surface area contributed by atoms with Gasteiger partial charge in [0.15, 0.2) is 11.5 Å². The standard InChI is InChI=1S/C15H18N2O3/c16-11-2-1-3-12(11)17-15(18)7-5-10-4-6-13-14(8-10)20-9-19-13/h4-8,11-12H,1-3,9,16H2,(H,17,18). The SMILES string of the molecule is NC1CCCC1NC(=O)C=Cc1ccc2c(c1)OCO2. The van der Waals surface area contributed by atoms with Crippen molar-refractivity contribution in [1.29, 1.82) is 0 Å². The van der Waals surface area contributed by atoms with Crippen molar-refractivity contribution in [1.82, 2.24) is 5.32 Å². The lowest BCUT2D eigenvalue weighted by Crippen LogP contribution is -2.43. The van der Waals surface area contributed by atoms with Crippen LogP contribution in [0.4, 0.5) is 0 Å². The molecule has 0 spiro atoms. The Morgan fingerprint density at radius 1 is 1.30 bits per heavy atom. The first kappa shape index (κ1) is 13.0. The first-order valence-corrected chi connectivity index (χ1v) is 6.86. The summed E-state index contributed by atoms with van der Waals surface area (Å²) in [5, 5.41) is 2.94. The van der Waals surface area contributed by atoms with Crippen molar-refractivity contribution in [3.8, 4) is 11.5 Å². The van der Waals surface area contributed by atoms with Gasteiger partial charge >= 0.3 is 0 Å². The summed E-state index contributed by atoms with van der Waals surface area (Å²) in [4.78, 5) is 11.8. The largest absolute Gasteiger partial charge is 0.454 e. The molecule has 1 fully saturated rings. The van der Waals surface area contributed by atoms with Crippen molar-refractivity contribution in [2.24, 2.45) is 5.73 Å². The smallest absolute Gasteiger partial charge is 0.244 e. The molecule has 0 radical (unpaired) electrons.